The molecule has 0 aliphatic carbocycles. The van der Waals surface area contributed by atoms with Gasteiger partial charge in [0.2, 0.25) is 0 Å². The van der Waals surface area contributed by atoms with E-state index in [2.05, 4.69) is 45.6 Å². The van der Waals surface area contributed by atoms with Crippen LogP contribution in [0, 0.1) is 0 Å². The highest BCUT2D eigenvalue weighted by Gasteiger charge is 2.31. The van der Waals surface area contributed by atoms with Gasteiger partial charge in [-0.05, 0) is 24.3 Å². The Kier molecular flexibility index (Phi) is 11.1. The van der Waals surface area contributed by atoms with Crippen LogP contribution in [0.25, 0.3) is 23.3 Å². The van der Waals surface area contributed by atoms with Crippen LogP contribution in [0.15, 0.2) is 93.5 Å². The van der Waals surface area contributed by atoms with Crippen molar-refractivity contribution in [2.75, 3.05) is 32.8 Å². The van der Waals surface area contributed by atoms with Crippen LogP contribution < -0.4 is 16.2 Å². The number of anilines is 2. The van der Waals surface area contributed by atoms with Crippen LogP contribution in [0.4, 0.5) is 34.6 Å². The third-order valence-electron chi connectivity index (χ3n) is 9.15. The van der Waals surface area contributed by atoms with E-state index in [0.29, 0.717) is 22.8 Å². The van der Waals surface area contributed by atoms with Crippen molar-refractivity contribution in [3.05, 3.63) is 95.6 Å². The molecule has 7 aromatic rings. The van der Waals surface area contributed by atoms with Crippen molar-refractivity contribution in [3.63, 3.8) is 0 Å². The molecular formula is C40H43N17O5. The summed E-state index contributed by atoms with van der Waals surface area (Å²) >= 11 is 0. The van der Waals surface area contributed by atoms with E-state index in [-0.39, 0.29) is 63.7 Å². The summed E-state index contributed by atoms with van der Waals surface area (Å²) in [5.41, 5.74) is 14.9. The number of carbonyl (C=O) groups is 2. The third kappa shape index (κ3) is 7.94. The molecule has 5 heterocycles. The first-order chi connectivity index (χ1) is 29.5. The normalized spacial score (nSPS) is 12.1. The molecule has 5 aromatic heterocycles. The summed E-state index contributed by atoms with van der Waals surface area (Å²) in [7, 11) is 3.90. The van der Waals surface area contributed by atoms with Crippen molar-refractivity contribution in [3.8, 4) is 29.3 Å². The number of carbonyl (C=O) groups excluding carboxylic acids is 2. The molecule has 0 atom stereocenters. The molecule has 2 aromatic carbocycles. The summed E-state index contributed by atoms with van der Waals surface area (Å²) in [5.74, 6) is -1.28. The van der Waals surface area contributed by atoms with Crippen molar-refractivity contribution >= 4 is 46.6 Å². The second-order valence-electron chi connectivity index (χ2n) is 15.6. The highest BCUT2D eigenvalue weighted by Crippen LogP contribution is 2.40. The maximum atomic E-state index is 12.8. The van der Waals surface area contributed by atoms with Crippen molar-refractivity contribution in [1.29, 1.82) is 0 Å². The van der Waals surface area contributed by atoms with Crippen LogP contribution in [-0.4, -0.2) is 87.3 Å². The van der Waals surface area contributed by atoms with E-state index >= 15 is 0 Å². The van der Waals surface area contributed by atoms with E-state index < -0.39 is 22.8 Å². The second-order valence-corrected chi connectivity index (χ2v) is 15.6. The monoisotopic (exact) mass is 841 g/mol. The van der Waals surface area contributed by atoms with Gasteiger partial charge >= 0.3 is 17.9 Å². The lowest BCUT2D eigenvalue weighted by Crippen LogP contribution is -2.16. The van der Waals surface area contributed by atoms with E-state index in [4.69, 9.17) is 35.9 Å². The van der Waals surface area contributed by atoms with E-state index in [9.17, 15) is 9.59 Å². The zero-order valence-electron chi connectivity index (χ0n) is 35.3. The molecule has 0 spiro atoms. The van der Waals surface area contributed by atoms with Crippen molar-refractivity contribution in [2.24, 2.45) is 20.5 Å². The van der Waals surface area contributed by atoms with Crippen LogP contribution in [-0.2, 0) is 20.3 Å². The lowest BCUT2D eigenvalue weighted by molar-refractivity contribution is 0.0592. The number of nitrogens with two attached hydrogens (primary N) is 2. The Hall–Kier alpha value is -8.17. The summed E-state index contributed by atoms with van der Waals surface area (Å²) in [6, 6.07) is 18.1. The smallest absolute Gasteiger partial charge is 0.343 e. The Balaban J connectivity index is 1.35. The minimum atomic E-state index is -0.660. The quantitative estimate of drug-likeness (QED) is 0.100. The molecule has 0 amide bonds. The van der Waals surface area contributed by atoms with Crippen LogP contribution >= 0.6 is 0 Å². The molecule has 0 fully saturated rings. The predicted octanol–water partition coefficient (Wildman–Crippen LogP) is 6.79. The Bertz CT molecular complexity index is 2650. The number of hydrogen-bond donors (Lipinski definition) is 2. The lowest BCUT2D eigenvalue weighted by Gasteiger charge is -2.15. The number of ether oxygens (including phenoxy) is 3. The zero-order chi connectivity index (χ0) is 44.5. The highest BCUT2D eigenvalue weighted by molar-refractivity contribution is 5.94. The third-order valence-corrected chi connectivity index (χ3v) is 9.15. The summed E-state index contributed by atoms with van der Waals surface area (Å²) in [6.45, 7) is 11.5. The summed E-state index contributed by atoms with van der Waals surface area (Å²) in [6.07, 6.45) is 2.70. The van der Waals surface area contributed by atoms with Gasteiger partial charge in [-0.3, -0.25) is 0 Å². The highest BCUT2D eigenvalue weighted by atomic mass is 16.5. The minimum absolute atomic E-state index is 0.00184. The van der Waals surface area contributed by atoms with Gasteiger partial charge in [0.15, 0.2) is 34.6 Å². The van der Waals surface area contributed by atoms with Gasteiger partial charge in [0.05, 0.1) is 56.5 Å². The largest absolute Gasteiger partial charge is 0.467 e. The molecule has 4 N–H and O–H groups in total. The predicted molar refractivity (Wildman–Crippen MR) is 225 cm³/mol. The molecule has 0 aliphatic heterocycles. The minimum Gasteiger partial charge on any atom is -0.467 e. The van der Waals surface area contributed by atoms with Gasteiger partial charge in [-0.2, -0.15) is 44.7 Å². The molecular weight excluding hydrogens is 799 g/mol. The molecule has 0 radical (unpaired) electrons. The molecule has 0 bridgehead atoms. The topological polar surface area (TPSA) is 273 Å². The molecule has 22 heteroatoms. The average molecular weight is 842 g/mol. The molecule has 62 heavy (non-hydrogen) atoms. The van der Waals surface area contributed by atoms with E-state index in [0.717, 1.165) is 0 Å². The van der Waals surface area contributed by atoms with Crippen LogP contribution in [0.1, 0.15) is 73.6 Å². The van der Waals surface area contributed by atoms with Crippen LogP contribution in [0.3, 0.4) is 0 Å². The molecule has 0 saturated carbocycles. The van der Waals surface area contributed by atoms with Crippen LogP contribution in [0.5, 0.6) is 6.01 Å². The number of methoxy groups -OCH3 is 3. The standard InChI is InChI=1S/C40H43N17O5/c1-39(2,3)28-26(48-50-32-24(34(58)60-7)20-43-54(32)22-16-12-10-13-17-22)30(41)56(52-28)36-45-37(47-38(46-36)62-9)57-31(42)27(29(53-57)40(4,5)6)49-51-33-25(35(59)61-8)21-44-55(33)23-18-14-11-15-19-23/h10-21H,41-42H2,1-9H3/b50-48+,51-49+. The number of azo groups is 2. The average Bonchev–Trinajstić information content (AvgIpc) is 4.04. The SMILES string of the molecule is COC(=O)c1cnn(-c2ccccc2)c1/N=N/c1c(C(C)(C)C)nn(-c2nc(OC)nc(-n3nc(C(C)(C)C)c(/N=N/c4c(C(=O)OC)cnn4-c4ccccc4)c3N)n2)c1N. The van der Waals surface area contributed by atoms with Gasteiger partial charge in [0.25, 0.3) is 11.9 Å². The van der Waals surface area contributed by atoms with Crippen molar-refractivity contribution in [2.45, 2.75) is 52.4 Å². The van der Waals surface area contributed by atoms with Gasteiger partial charge in [-0.15, -0.1) is 20.5 Å². The molecule has 0 unspecified atom stereocenters. The maximum absolute atomic E-state index is 12.8. The Morgan fingerprint density at radius 2 is 0.952 bits per heavy atom. The van der Waals surface area contributed by atoms with E-state index in [1.807, 2.05) is 77.9 Å². The molecule has 318 valence electrons. The van der Waals surface area contributed by atoms with E-state index in [1.54, 1.807) is 24.3 Å². The molecule has 7 rings (SSSR count). The Morgan fingerprint density at radius 3 is 1.29 bits per heavy atom. The first-order valence-corrected chi connectivity index (χ1v) is 18.9. The summed E-state index contributed by atoms with van der Waals surface area (Å²) in [4.78, 5) is 39.2. The van der Waals surface area contributed by atoms with Gasteiger partial charge < -0.3 is 25.7 Å². The fourth-order valence-electron chi connectivity index (χ4n) is 6.07. The number of nitrogen functional groups attached to an aromatic ring is 2. The first kappa shape index (κ1) is 42.0. The van der Waals surface area contributed by atoms with Gasteiger partial charge in [-0.1, -0.05) is 77.9 Å². The maximum Gasteiger partial charge on any atom is 0.343 e. The molecule has 0 saturated heterocycles. The number of rotatable bonds is 11. The van der Waals surface area contributed by atoms with Gasteiger partial charge in [0, 0.05) is 10.8 Å². The molecule has 0 aliphatic rings. The Morgan fingerprint density at radius 1 is 0.565 bits per heavy atom. The van der Waals surface area contributed by atoms with Crippen molar-refractivity contribution in [1.82, 2.24) is 54.1 Å². The Labute approximate surface area is 354 Å². The van der Waals surface area contributed by atoms with Gasteiger partial charge in [0.1, 0.15) is 11.1 Å². The number of nitrogens with zero attached hydrogens (tertiary/aromatic N) is 15. The summed E-state index contributed by atoms with van der Waals surface area (Å²) in [5, 5.41) is 36.4. The number of hydrogen-bond acceptors (Lipinski definition) is 18. The number of benzene rings is 2. The fourth-order valence-corrected chi connectivity index (χ4v) is 6.07. The van der Waals surface area contributed by atoms with Gasteiger partial charge in [-0.25, -0.2) is 19.0 Å². The lowest BCUT2D eigenvalue weighted by atomic mass is 9.91. The number of aromatic nitrogens is 11. The first-order valence-electron chi connectivity index (χ1n) is 18.9. The molecule has 22 nitrogen and oxygen atoms in total. The summed E-state index contributed by atoms with van der Waals surface area (Å²) < 4.78 is 21.0. The van der Waals surface area contributed by atoms with Crippen molar-refractivity contribution < 1.29 is 23.8 Å². The zero-order valence-corrected chi connectivity index (χ0v) is 35.3. The number of esters is 2. The van der Waals surface area contributed by atoms with Crippen LogP contribution in [0.2, 0.25) is 0 Å². The van der Waals surface area contributed by atoms with E-state index in [1.165, 1.54) is 52.5 Å². The fraction of sp³-hybridized carbons (Fsp3) is 0.275. The second kappa shape index (κ2) is 16.5. The number of para-hydroxylation sites is 2.